The SMILES string of the molecule is COC(=O)Nc1cc(Cl)c(OCC2C(C)C2(Cl)Cl)c(Cl)c1. The Labute approximate surface area is 142 Å². The predicted octanol–water partition coefficient (Wildman–Crippen LogP) is 4.99. The van der Waals surface area contributed by atoms with Crippen molar-refractivity contribution in [2.45, 2.75) is 11.3 Å². The number of nitrogens with one attached hydrogen (secondary N) is 1. The standard InChI is InChI=1S/C13H13Cl4NO3/c1-6-8(13(6,16)17)5-21-11-9(14)3-7(4-10(11)15)18-12(19)20-2/h3-4,6,8H,5H2,1-2H3,(H,18,19). The summed E-state index contributed by atoms with van der Waals surface area (Å²) in [5.74, 6) is 0.511. The first kappa shape index (κ1) is 16.8. The van der Waals surface area contributed by atoms with Gasteiger partial charge in [-0.2, -0.15) is 0 Å². The molecule has 4 nitrogen and oxygen atoms in total. The molecule has 2 unspecified atom stereocenters. The van der Waals surface area contributed by atoms with Crippen molar-refractivity contribution in [3.63, 3.8) is 0 Å². The minimum absolute atomic E-state index is 0.0286. The molecule has 1 aliphatic carbocycles. The second-order valence-corrected chi connectivity index (χ2v) is 7.03. The first-order valence-corrected chi connectivity index (χ1v) is 7.63. The van der Waals surface area contributed by atoms with Gasteiger partial charge in [-0.25, -0.2) is 4.79 Å². The van der Waals surface area contributed by atoms with E-state index in [0.717, 1.165) is 0 Å². The van der Waals surface area contributed by atoms with E-state index >= 15 is 0 Å². The number of ether oxygens (including phenoxy) is 2. The Hall–Kier alpha value is -0.550. The molecule has 0 heterocycles. The molecule has 1 aromatic rings. The highest BCUT2D eigenvalue weighted by atomic mass is 35.5. The molecule has 21 heavy (non-hydrogen) atoms. The maximum Gasteiger partial charge on any atom is 0.411 e. The normalized spacial score (nSPS) is 22.6. The quantitative estimate of drug-likeness (QED) is 0.757. The van der Waals surface area contributed by atoms with Crippen LogP contribution in [0.25, 0.3) is 0 Å². The van der Waals surface area contributed by atoms with Crippen LogP contribution in [-0.4, -0.2) is 24.1 Å². The lowest BCUT2D eigenvalue weighted by Crippen LogP contribution is -2.11. The molecule has 1 aliphatic rings. The molecule has 8 heteroatoms. The van der Waals surface area contributed by atoms with E-state index in [4.69, 9.17) is 51.1 Å². The number of methoxy groups -OCH3 is 1. The molecule has 0 spiro atoms. The fourth-order valence-corrected chi connectivity index (χ4v) is 3.21. The summed E-state index contributed by atoms with van der Waals surface area (Å²) in [5, 5.41) is 3.02. The largest absolute Gasteiger partial charge is 0.490 e. The maximum atomic E-state index is 11.1. The highest BCUT2D eigenvalue weighted by molar-refractivity contribution is 6.51. The lowest BCUT2D eigenvalue weighted by Gasteiger charge is -2.12. The van der Waals surface area contributed by atoms with Crippen LogP contribution in [0.5, 0.6) is 5.75 Å². The molecule has 0 saturated heterocycles. The zero-order valence-corrected chi connectivity index (χ0v) is 14.3. The van der Waals surface area contributed by atoms with Crippen LogP contribution in [0.4, 0.5) is 10.5 Å². The van der Waals surface area contributed by atoms with Crippen LogP contribution >= 0.6 is 46.4 Å². The second kappa shape index (κ2) is 6.29. The van der Waals surface area contributed by atoms with Gasteiger partial charge in [-0.3, -0.25) is 5.32 Å². The molecular weight excluding hydrogens is 360 g/mol. The van der Waals surface area contributed by atoms with Crippen molar-refractivity contribution in [2.75, 3.05) is 19.0 Å². The second-order valence-electron chi connectivity index (χ2n) is 4.77. The van der Waals surface area contributed by atoms with Crippen molar-refractivity contribution < 1.29 is 14.3 Å². The van der Waals surface area contributed by atoms with Crippen molar-refractivity contribution in [2.24, 2.45) is 11.8 Å². The van der Waals surface area contributed by atoms with Crippen LogP contribution in [0.1, 0.15) is 6.92 Å². The number of anilines is 1. The van der Waals surface area contributed by atoms with Crippen molar-refractivity contribution in [3.8, 4) is 5.75 Å². The van der Waals surface area contributed by atoms with E-state index < -0.39 is 10.4 Å². The van der Waals surface area contributed by atoms with Crippen LogP contribution in [0.2, 0.25) is 10.0 Å². The van der Waals surface area contributed by atoms with Gasteiger partial charge < -0.3 is 9.47 Å². The Kier molecular flexibility index (Phi) is 5.03. The molecule has 0 radical (unpaired) electrons. The van der Waals surface area contributed by atoms with E-state index in [1.807, 2.05) is 6.92 Å². The fraction of sp³-hybridized carbons (Fsp3) is 0.462. The minimum atomic E-state index is -0.759. The third-order valence-corrected chi connectivity index (χ3v) is 5.24. The average molecular weight is 373 g/mol. The molecule has 1 amide bonds. The molecule has 0 aliphatic heterocycles. The molecule has 2 rings (SSSR count). The van der Waals surface area contributed by atoms with E-state index in [9.17, 15) is 4.79 Å². The lowest BCUT2D eigenvalue weighted by molar-refractivity contribution is 0.187. The van der Waals surface area contributed by atoms with E-state index in [0.29, 0.717) is 18.0 Å². The van der Waals surface area contributed by atoms with E-state index in [2.05, 4.69) is 10.1 Å². The highest BCUT2D eigenvalue weighted by Crippen LogP contribution is 2.59. The van der Waals surface area contributed by atoms with Gasteiger partial charge in [0.05, 0.1) is 23.8 Å². The molecule has 1 saturated carbocycles. The number of rotatable bonds is 4. The van der Waals surface area contributed by atoms with E-state index in [-0.39, 0.29) is 21.9 Å². The summed E-state index contributed by atoms with van der Waals surface area (Å²) in [4.78, 5) is 11.1. The van der Waals surface area contributed by atoms with E-state index in [1.165, 1.54) is 19.2 Å². The Bertz CT molecular complexity index is 541. The number of benzene rings is 1. The number of halogens is 4. The predicted molar refractivity (Wildman–Crippen MR) is 85.1 cm³/mol. The van der Waals surface area contributed by atoms with E-state index in [1.54, 1.807) is 0 Å². The van der Waals surface area contributed by atoms with Crippen molar-refractivity contribution in [1.29, 1.82) is 0 Å². The summed E-state index contributed by atoms with van der Waals surface area (Å²) >= 11 is 24.3. The first-order chi connectivity index (χ1) is 9.77. The fourth-order valence-electron chi connectivity index (χ4n) is 1.93. The number of alkyl halides is 2. The van der Waals surface area contributed by atoms with Crippen LogP contribution in [-0.2, 0) is 4.74 Å². The van der Waals surface area contributed by atoms with Crippen LogP contribution in [0.15, 0.2) is 12.1 Å². The molecule has 1 fully saturated rings. The molecule has 1 N–H and O–H groups in total. The smallest absolute Gasteiger partial charge is 0.411 e. The van der Waals surface area contributed by atoms with Gasteiger partial charge in [-0.05, 0) is 18.1 Å². The number of carbonyl (C=O) groups excluding carboxylic acids is 1. The Morgan fingerprint density at radius 3 is 2.29 bits per heavy atom. The third-order valence-electron chi connectivity index (χ3n) is 3.43. The number of hydrogen-bond acceptors (Lipinski definition) is 3. The van der Waals surface area contributed by atoms with Crippen molar-refractivity contribution in [3.05, 3.63) is 22.2 Å². The van der Waals surface area contributed by atoms with Gasteiger partial charge >= 0.3 is 6.09 Å². The van der Waals surface area contributed by atoms with Gasteiger partial charge in [0.2, 0.25) is 0 Å². The summed E-state index contributed by atoms with van der Waals surface area (Å²) in [6, 6.07) is 3.04. The Balaban J connectivity index is 2.05. The Morgan fingerprint density at radius 2 is 1.86 bits per heavy atom. The topological polar surface area (TPSA) is 47.6 Å². The van der Waals surface area contributed by atoms with Crippen molar-refractivity contribution >= 4 is 58.2 Å². The van der Waals surface area contributed by atoms with Gasteiger partial charge in [-0.15, -0.1) is 23.2 Å². The molecule has 1 aromatic carbocycles. The molecule has 0 bridgehead atoms. The number of amides is 1. The monoisotopic (exact) mass is 371 g/mol. The first-order valence-electron chi connectivity index (χ1n) is 6.12. The van der Waals surface area contributed by atoms with Gasteiger partial charge in [0.15, 0.2) is 5.75 Å². The van der Waals surface area contributed by atoms with Crippen LogP contribution in [0, 0.1) is 11.8 Å². The van der Waals surface area contributed by atoms with Crippen LogP contribution < -0.4 is 10.1 Å². The summed E-state index contributed by atoms with van der Waals surface area (Å²) < 4.78 is 9.34. The molecule has 2 atom stereocenters. The number of hydrogen-bond donors (Lipinski definition) is 1. The summed E-state index contributed by atoms with van der Waals surface area (Å²) in [5.41, 5.74) is 0.410. The zero-order valence-electron chi connectivity index (χ0n) is 11.3. The summed E-state index contributed by atoms with van der Waals surface area (Å²) in [7, 11) is 1.26. The minimum Gasteiger partial charge on any atom is -0.490 e. The molecule has 0 aromatic heterocycles. The van der Waals surface area contributed by atoms with Gasteiger partial charge in [-0.1, -0.05) is 30.1 Å². The van der Waals surface area contributed by atoms with Crippen molar-refractivity contribution in [1.82, 2.24) is 0 Å². The maximum absolute atomic E-state index is 11.1. The van der Waals surface area contributed by atoms with Gasteiger partial charge in [0.25, 0.3) is 0 Å². The third kappa shape index (κ3) is 3.62. The Morgan fingerprint density at radius 1 is 1.33 bits per heavy atom. The molecule has 116 valence electrons. The van der Waals surface area contributed by atoms with Gasteiger partial charge in [0, 0.05) is 11.6 Å². The number of carbonyl (C=O) groups is 1. The summed E-state index contributed by atoms with van der Waals surface area (Å²) in [6.07, 6.45) is -0.614. The zero-order chi connectivity index (χ0) is 15.8. The van der Waals surface area contributed by atoms with Crippen LogP contribution in [0.3, 0.4) is 0 Å². The molecular formula is C13H13Cl4NO3. The average Bonchev–Trinajstić information content (AvgIpc) is 2.87. The highest BCUT2D eigenvalue weighted by Gasteiger charge is 2.60. The summed E-state index contributed by atoms with van der Waals surface area (Å²) in [6.45, 7) is 2.26. The lowest BCUT2D eigenvalue weighted by atomic mass is 10.3. The van der Waals surface area contributed by atoms with Gasteiger partial charge in [0.1, 0.15) is 4.33 Å².